The summed E-state index contributed by atoms with van der Waals surface area (Å²) in [6, 6.07) is 6.32. The van der Waals surface area contributed by atoms with E-state index in [1.807, 2.05) is 0 Å². The van der Waals surface area contributed by atoms with Crippen molar-refractivity contribution in [2.45, 2.75) is 13.3 Å². The number of pyridine rings is 1. The molecule has 13 heavy (non-hydrogen) atoms. The summed E-state index contributed by atoms with van der Waals surface area (Å²) in [6.07, 6.45) is 0.866. The highest BCUT2D eigenvalue weighted by Crippen LogP contribution is 2.23. The van der Waals surface area contributed by atoms with E-state index in [1.54, 1.807) is 11.3 Å². The first-order valence-corrected chi connectivity index (χ1v) is 5.17. The molecule has 2 rings (SSSR count). The summed E-state index contributed by atoms with van der Waals surface area (Å²) < 4.78 is 1.26. The second kappa shape index (κ2) is 3.44. The highest BCUT2D eigenvalue weighted by molar-refractivity contribution is 7.18. The number of nitrogens with zero attached hydrogens (tertiary/aromatic N) is 1. The zero-order valence-electron chi connectivity index (χ0n) is 7.58. The molecule has 0 saturated carbocycles. The summed E-state index contributed by atoms with van der Waals surface area (Å²) in [5, 5.41) is 0. The van der Waals surface area contributed by atoms with Gasteiger partial charge in [-0.15, -0.1) is 11.3 Å². The minimum absolute atomic E-state index is 0.668. The molecule has 0 fully saturated rings. The lowest BCUT2D eigenvalue weighted by Crippen LogP contribution is -2.03. The van der Waals surface area contributed by atoms with Crippen molar-refractivity contribution < 1.29 is 0 Å². The predicted octanol–water partition coefficient (Wildman–Crippen LogP) is 2.11. The molecule has 0 amide bonds. The van der Waals surface area contributed by atoms with Gasteiger partial charge in [-0.1, -0.05) is 0 Å². The Hall–Kier alpha value is -0.930. The first kappa shape index (κ1) is 8.66. The van der Waals surface area contributed by atoms with Crippen LogP contribution in [0, 0.1) is 6.92 Å². The lowest BCUT2D eigenvalue weighted by molar-refractivity contribution is 0.932. The highest BCUT2D eigenvalue weighted by atomic mass is 32.1. The fraction of sp³-hybridized carbons (Fsp3) is 0.300. The monoisotopic (exact) mass is 192 g/mol. The molecule has 2 aromatic rings. The third kappa shape index (κ3) is 1.71. The molecule has 0 aliphatic rings. The van der Waals surface area contributed by atoms with Crippen molar-refractivity contribution in [1.29, 1.82) is 0 Å². The smallest absolute Gasteiger partial charge is 0.0815 e. The van der Waals surface area contributed by atoms with Gasteiger partial charge in [0.15, 0.2) is 0 Å². The van der Waals surface area contributed by atoms with E-state index in [0.29, 0.717) is 6.54 Å². The molecule has 0 aliphatic carbocycles. The first-order valence-electron chi connectivity index (χ1n) is 4.36. The molecule has 0 unspecified atom stereocenters. The van der Waals surface area contributed by atoms with Crippen molar-refractivity contribution in [1.82, 2.24) is 4.98 Å². The van der Waals surface area contributed by atoms with Gasteiger partial charge in [-0.3, -0.25) is 4.98 Å². The minimum atomic E-state index is 0.668. The zero-order valence-corrected chi connectivity index (χ0v) is 8.40. The molecule has 3 heteroatoms. The second-order valence-corrected chi connectivity index (χ2v) is 4.37. The zero-order chi connectivity index (χ0) is 9.26. The van der Waals surface area contributed by atoms with Crippen LogP contribution in [-0.2, 0) is 6.42 Å². The Kier molecular flexibility index (Phi) is 2.29. The maximum atomic E-state index is 5.47. The Bertz CT molecular complexity index is 420. The fourth-order valence-electron chi connectivity index (χ4n) is 1.38. The topological polar surface area (TPSA) is 38.9 Å². The van der Waals surface area contributed by atoms with Gasteiger partial charge in [0.05, 0.1) is 10.2 Å². The van der Waals surface area contributed by atoms with Crippen LogP contribution in [0.3, 0.4) is 0 Å². The lowest BCUT2D eigenvalue weighted by atomic mass is 10.2. The van der Waals surface area contributed by atoms with E-state index >= 15 is 0 Å². The Morgan fingerprint density at radius 2 is 2.31 bits per heavy atom. The van der Waals surface area contributed by atoms with Gasteiger partial charge in [-0.25, -0.2) is 0 Å². The van der Waals surface area contributed by atoms with Gasteiger partial charge in [0.25, 0.3) is 0 Å². The molecule has 0 bridgehead atoms. The van der Waals surface area contributed by atoms with Crippen molar-refractivity contribution >= 4 is 21.6 Å². The van der Waals surface area contributed by atoms with E-state index in [4.69, 9.17) is 5.73 Å². The molecule has 68 valence electrons. The van der Waals surface area contributed by atoms with Gasteiger partial charge in [0.2, 0.25) is 0 Å². The Morgan fingerprint density at radius 1 is 1.46 bits per heavy atom. The SMILES string of the molecule is Cc1cc2nc(CCN)ccc2s1. The molecule has 0 aliphatic heterocycles. The van der Waals surface area contributed by atoms with E-state index in [2.05, 4.69) is 30.1 Å². The van der Waals surface area contributed by atoms with Crippen LogP contribution in [-0.4, -0.2) is 11.5 Å². The number of rotatable bonds is 2. The standard InChI is InChI=1S/C10H12N2S/c1-7-6-9-10(13-7)3-2-8(12-9)4-5-11/h2-3,6H,4-5,11H2,1H3. The average Bonchev–Trinajstić information content (AvgIpc) is 2.44. The molecular weight excluding hydrogens is 180 g/mol. The summed E-state index contributed by atoms with van der Waals surface area (Å²) in [5.74, 6) is 0. The summed E-state index contributed by atoms with van der Waals surface area (Å²) in [6.45, 7) is 2.77. The number of hydrogen-bond acceptors (Lipinski definition) is 3. The minimum Gasteiger partial charge on any atom is -0.330 e. The first-order chi connectivity index (χ1) is 6.29. The Labute approximate surface area is 81.4 Å². The summed E-state index contributed by atoms with van der Waals surface area (Å²) >= 11 is 1.79. The van der Waals surface area contributed by atoms with E-state index < -0.39 is 0 Å². The summed E-state index contributed by atoms with van der Waals surface area (Å²) in [5.41, 5.74) is 7.67. The van der Waals surface area contributed by atoms with Crippen LogP contribution in [0.5, 0.6) is 0 Å². The molecule has 0 spiro atoms. The van der Waals surface area contributed by atoms with Crippen molar-refractivity contribution in [3.63, 3.8) is 0 Å². The van der Waals surface area contributed by atoms with E-state index in [0.717, 1.165) is 17.6 Å². The number of nitrogens with two attached hydrogens (primary N) is 1. The van der Waals surface area contributed by atoms with Crippen molar-refractivity contribution in [2.24, 2.45) is 5.73 Å². The fourth-order valence-corrected chi connectivity index (χ4v) is 2.24. The molecule has 2 nitrogen and oxygen atoms in total. The molecule has 2 heterocycles. The number of thiophene rings is 1. The van der Waals surface area contributed by atoms with Crippen LogP contribution < -0.4 is 5.73 Å². The number of fused-ring (bicyclic) bond motifs is 1. The summed E-state index contributed by atoms with van der Waals surface area (Å²) in [7, 11) is 0. The van der Waals surface area contributed by atoms with Crippen LogP contribution in [0.4, 0.5) is 0 Å². The second-order valence-electron chi connectivity index (χ2n) is 3.08. The molecule has 0 saturated heterocycles. The molecule has 0 aromatic carbocycles. The van der Waals surface area contributed by atoms with Crippen LogP contribution in [0.15, 0.2) is 18.2 Å². The predicted molar refractivity (Wildman–Crippen MR) is 57.1 cm³/mol. The maximum Gasteiger partial charge on any atom is 0.0815 e. The van der Waals surface area contributed by atoms with Gasteiger partial charge in [-0.2, -0.15) is 0 Å². The Balaban J connectivity index is 2.48. The average molecular weight is 192 g/mol. The third-order valence-corrected chi connectivity index (χ3v) is 2.96. The van der Waals surface area contributed by atoms with Gasteiger partial charge >= 0.3 is 0 Å². The van der Waals surface area contributed by atoms with Crippen molar-refractivity contribution in [2.75, 3.05) is 6.54 Å². The molecule has 0 atom stereocenters. The number of aryl methyl sites for hydroxylation is 1. The highest BCUT2D eigenvalue weighted by Gasteiger charge is 2.00. The maximum absolute atomic E-state index is 5.47. The van der Waals surface area contributed by atoms with E-state index in [-0.39, 0.29) is 0 Å². The molecular formula is C10H12N2S. The normalized spacial score (nSPS) is 10.9. The van der Waals surface area contributed by atoms with Crippen LogP contribution >= 0.6 is 11.3 Å². The Morgan fingerprint density at radius 3 is 3.08 bits per heavy atom. The van der Waals surface area contributed by atoms with Crippen molar-refractivity contribution in [3.05, 3.63) is 28.8 Å². The van der Waals surface area contributed by atoms with Gasteiger partial charge in [-0.05, 0) is 31.7 Å². The van der Waals surface area contributed by atoms with E-state index in [1.165, 1.54) is 9.58 Å². The van der Waals surface area contributed by atoms with Gasteiger partial charge < -0.3 is 5.73 Å². The third-order valence-electron chi connectivity index (χ3n) is 1.96. The van der Waals surface area contributed by atoms with Crippen molar-refractivity contribution in [3.8, 4) is 0 Å². The molecule has 2 N–H and O–H groups in total. The number of hydrogen-bond donors (Lipinski definition) is 1. The quantitative estimate of drug-likeness (QED) is 0.791. The lowest BCUT2D eigenvalue weighted by Gasteiger charge is -1.96. The largest absolute Gasteiger partial charge is 0.330 e. The molecule has 2 aromatic heterocycles. The van der Waals surface area contributed by atoms with Gasteiger partial charge in [0, 0.05) is 17.0 Å². The van der Waals surface area contributed by atoms with Gasteiger partial charge in [0.1, 0.15) is 0 Å². The molecule has 0 radical (unpaired) electrons. The van der Waals surface area contributed by atoms with Crippen LogP contribution in [0.1, 0.15) is 10.6 Å². The summed E-state index contributed by atoms with van der Waals surface area (Å²) in [4.78, 5) is 5.83. The van der Waals surface area contributed by atoms with Crippen LogP contribution in [0.2, 0.25) is 0 Å². The number of aromatic nitrogens is 1. The van der Waals surface area contributed by atoms with Crippen LogP contribution in [0.25, 0.3) is 10.2 Å². The van der Waals surface area contributed by atoms with E-state index in [9.17, 15) is 0 Å².